The van der Waals surface area contributed by atoms with Gasteiger partial charge in [-0.25, -0.2) is 8.42 Å². The Morgan fingerprint density at radius 1 is 1.00 bits per heavy atom. The molecular formula is C26H32N4O4S. The molecule has 1 saturated heterocycles. The minimum atomic E-state index is -3.56. The lowest BCUT2D eigenvalue weighted by Gasteiger charge is -2.26. The summed E-state index contributed by atoms with van der Waals surface area (Å²) in [5.41, 5.74) is 3.29. The first-order valence-electron chi connectivity index (χ1n) is 12.0. The maximum atomic E-state index is 13.2. The first kappa shape index (κ1) is 24.9. The Morgan fingerprint density at radius 3 is 2.29 bits per heavy atom. The van der Waals surface area contributed by atoms with E-state index < -0.39 is 10.0 Å². The summed E-state index contributed by atoms with van der Waals surface area (Å²) in [7, 11) is -3.56. The number of piperidine rings is 1. The quantitative estimate of drug-likeness (QED) is 0.500. The second-order valence-electron chi connectivity index (χ2n) is 8.73. The van der Waals surface area contributed by atoms with Gasteiger partial charge in [0.05, 0.1) is 24.5 Å². The van der Waals surface area contributed by atoms with Crippen molar-refractivity contribution in [2.75, 3.05) is 25.0 Å². The Morgan fingerprint density at radius 2 is 1.66 bits per heavy atom. The fourth-order valence-corrected chi connectivity index (χ4v) is 6.27. The number of hydrogen-bond acceptors (Lipinski definition) is 5. The van der Waals surface area contributed by atoms with Crippen LogP contribution in [0, 0.1) is 13.8 Å². The van der Waals surface area contributed by atoms with Gasteiger partial charge in [0.1, 0.15) is 10.6 Å². The van der Waals surface area contributed by atoms with Crippen LogP contribution in [0.1, 0.15) is 53.5 Å². The van der Waals surface area contributed by atoms with Crippen LogP contribution >= 0.6 is 0 Å². The standard InChI is InChI=1S/C26H32N4O4S/c1-4-34-24-14-12-23(13-15-24)27-26(31)22-10-8-21(9-11-22)18-30-20(3)25(19(2)28-30)35(32,33)29-16-6-5-7-17-29/h8-15H,4-7,16-18H2,1-3H3,(H,27,31). The topological polar surface area (TPSA) is 93.5 Å². The number of anilines is 1. The Balaban J connectivity index is 1.45. The van der Waals surface area contributed by atoms with Crippen molar-refractivity contribution in [1.82, 2.24) is 14.1 Å². The molecule has 1 aliphatic heterocycles. The Bertz CT molecular complexity index is 1280. The van der Waals surface area contributed by atoms with Gasteiger partial charge in [0.2, 0.25) is 10.0 Å². The molecule has 2 heterocycles. The second-order valence-corrected chi connectivity index (χ2v) is 10.6. The summed E-state index contributed by atoms with van der Waals surface area (Å²) in [6.45, 7) is 7.60. The van der Waals surface area contributed by atoms with E-state index in [1.807, 2.05) is 31.2 Å². The third kappa shape index (κ3) is 5.57. The summed E-state index contributed by atoms with van der Waals surface area (Å²) in [5, 5.41) is 7.40. The molecule has 0 atom stereocenters. The maximum Gasteiger partial charge on any atom is 0.255 e. The van der Waals surface area contributed by atoms with Crippen LogP contribution < -0.4 is 10.1 Å². The Kier molecular flexibility index (Phi) is 7.57. The molecule has 1 N–H and O–H groups in total. The van der Waals surface area contributed by atoms with E-state index in [0.717, 1.165) is 30.6 Å². The molecule has 1 aliphatic rings. The number of nitrogens with one attached hydrogen (secondary N) is 1. The number of carbonyl (C=O) groups excluding carboxylic acids is 1. The molecule has 0 aliphatic carbocycles. The molecule has 9 heteroatoms. The number of aromatic nitrogens is 2. The van der Waals surface area contributed by atoms with Gasteiger partial charge >= 0.3 is 0 Å². The third-order valence-corrected chi connectivity index (χ3v) is 8.35. The fourth-order valence-electron chi connectivity index (χ4n) is 4.38. The van der Waals surface area contributed by atoms with Crippen molar-refractivity contribution in [1.29, 1.82) is 0 Å². The number of benzene rings is 2. The molecule has 2 aromatic carbocycles. The highest BCUT2D eigenvalue weighted by Gasteiger charge is 2.31. The number of aryl methyl sites for hydroxylation is 1. The van der Waals surface area contributed by atoms with Crippen LogP contribution in [0.15, 0.2) is 53.4 Å². The Hall–Kier alpha value is -3.17. The van der Waals surface area contributed by atoms with E-state index in [4.69, 9.17) is 4.74 Å². The molecule has 1 amide bonds. The lowest BCUT2D eigenvalue weighted by atomic mass is 10.1. The molecular weight excluding hydrogens is 464 g/mol. The molecule has 35 heavy (non-hydrogen) atoms. The van der Waals surface area contributed by atoms with Gasteiger partial charge in [0.25, 0.3) is 5.91 Å². The number of nitrogens with zero attached hydrogens (tertiary/aromatic N) is 3. The number of sulfonamides is 1. The van der Waals surface area contributed by atoms with E-state index in [-0.39, 0.29) is 5.91 Å². The van der Waals surface area contributed by atoms with E-state index in [0.29, 0.717) is 53.8 Å². The summed E-state index contributed by atoms with van der Waals surface area (Å²) < 4.78 is 35.2. The van der Waals surface area contributed by atoms with Gasteiger partial charge in [-0.1, -0.05) is 18.6 Å². The van der Waals surface area contributed by atoms with Crippen LogP contribution in [0.25, 0.3) is 0 Å². The molecule has 0 bridgehead atoms. The number of amides is 1. The van der Waals surface area contributed by atoms with Crippen LogP contribution in [-0.2, 0) is 16.6 Å². The van der Waals surface area contributed by atoms with Gasteiger partial charge in [-0.2, -0.15) is 9.40 Å². The highest BCUT2D eigenvalue weighted by Crippen LogP contribution is 2.26. The molecule has 0 unspecified atom stereocenters. The van der Waals surface area contributed by atoms with Crippen molar-refractivity contribution in [3.63, 3.8) is 0 Å². The van der Waals surface area contributed by atoms with Crippen molar-refractivity contribution in [3.05, 3.63) is 71.0 Å². The summed E-state index contributed by atoms with van der Waals surface area (Å²) in [5.74, 6) is 0.549. The van der Waals surface area contributed by atoms with Gasteiger partial charge in [0, 0.05) is 24.3 Å². The van der Waals surface area contributed by atoms with E-state index >= 15 is 0 Å². The van der Waals surface area contributed by atoms with Crippen LogP contribution in [0.2, 0.25) is 0 Å². The average Bonchev–Trinajstić information content (AvgIpc) is 3.14. The molecule has 1 aromatic heterocycles. The van der Waals surface area contributed by atoms with E-state index in [9.17, 15) is 13.2 Å². The van der Waals surface area contributed by atoms with E-state index in [1.165, 1.54) is 0 Å². The normalized spacial score (nSPS) is 14.6. The SMILES string of the molecule is CCOc1ccc(NC(=O)c2ccc(Cn3nc(C)c(S(=O)(=O)N4CCCCC4)c3C)cc2)cc1. The van der Waals surface area contributed by atoms with E-state index in [2.05, 4.69) is 10.4 Å². The van der Waals surface area contributed by atoms with Crippen molar-refractivity contribution in [2.45, 2.75) is 51.5 Å². The van der Waals surface area contributed by atoms with Gasteiger partial charge in [-0.15, -0.1) is 0 Å². The number of hydrogen-bond donors (Lipinski definition) is 1. The van der Waals surface area contributed by atoms with Crippen molar-refractivity contribution in [3.8, 4) is 5.75 Å². The van der Waals surface area contributed by atoms with Gasteiger partial charge in [0.15, 0.2) is 0 Å². The molecule has 0 spiro atoms. The monoisotopic (exact) mass is 496 g/mol. The summed E-state index contributed by atoms with van der Waals surface area (Å²) in [6.07, 6.45) is 2.85. The van der Waals surface area contributed by atoms with Crippen molar-refractivity contribution < 1.29 is 17.9 Å². The third-order valence-electron chi connectivity index (χ3n) is 6.20. The zero-order chi connectivity index (χ0) is 25.0. The summed E-state index contributed by atoms with van der Waals surface area (Å²) in [6, 6.07) is 14.5. The fraction of sp³-hybridized carbons (Fsp3) is 0.385. The van der Waals surface area contributed by atoms with Crippen molar-refractivity contribution in [2.24, 2.45) is 0 Å². The van der Waals surface area contributed by atoms with Crippen molar-refractivity contribution >= 4 is 21.6 Å². The van der Waals surface area contributed by atoms with Crippen LogP contribution in [-0.4, -0.2) is 48.1 Å². The smallest absolute Gasteiger partial charge is 0.255 e. The largest absolute Gasteiger partial charge is 0.494 e. The first-order valence-corrected chi connectivity index (χ1v) is 13.4. The van der Waals surface area contributed by atoms with Crippen LogP contribution in [0.5, 0.6) is 5.75 Å². The molecule has 0 saturated carbocycles. The first-order chi connectivity index (χ1) is 16.8. The van der Waals surface area contributed by atoms with Gasteiger partial charge in [-0.3, -0.25) is 9.48 Å². The molecule has 8 nitrogen and oxygen atoms in total. The highest BCUT2D eigenvalue weighted by atomic mass is 32.2. The predicted molar refractivity (Wildman–Crippen MR) is 135 cm³/mol. The van der Waals surface area contributed by atoms with Crippen LogP contribution in [0.3, 0.4) is 0 Å². The van der Waals surface area contributed by atoms with Gasteiger partial charge < -0.3 is 10.1 Å². The molecule has 4 rings (SSSR count). The van der Waals surface area contributed by atoms with E-state index in [1.54, 1.807) is 47.1 Å². The molecule has 1 fully saturated rings. The average molecular weight is 497 g/mol. The summed E-state index contributed by atoms with van der Waals surface area (Å²) >= 11 is 0. The molecule has 186 valence electrons. The lowest BCUT2D eigenvalue weighted by Crippen LogP contribution is -2.36. The zero-order valence-corrected chi connectivity index (χ0v) is 21.3. The Labute approximate surface area is 207 Å². The number of carbonyl (C=O) groups is 1. The minimum absolute atomic E-state index is 0.207. The highest BCUT2D eigenvalue weighted by molar-refractivity contribution is 7.89. The maximum absolute atomic E-state index is 13.2. The van der Waals surface area contributed by atoms with Gasteiger partial charge in [-0.05, 0) is 75.6 Å². The lowest BCUT2D eigenvalue weighted by molar-refractivity contribution is 0.102. The zero-order valence-electron chi connectivity index (χ0n) is 20.5. The minimum Gasteiger partial charge on any atom is -0.494 e. The number of ether oxygens (including phenoxy) is 1. The summed E-state index contributed by atoms with van der Waals surface area (Å²) in [4.78, 5) is 12.9. The van der Waals surface area contributed by atoms with Crippen LogP contribution in [0.4, 0.5) is 5.69 Å². The second kappa shape index (κ2) is 10.6. The predicted octanol–water partition coefficient (Wildman–Crippen LogP) is 4.37. The molecule has 0 radical (unpaired) electrons. The number of rotatable bonds is 8. The molecule has 3 aromatic rings.